The highest BCUT2D eigenvalue weighted by atomic mass is 19.4. The van der Waals surface area contributed by atoms with Crippen LogP contribution in [0.4, 0.5) is 13.2 Å². The van der Waals surface area contributed by atoms with Gasteiger partial charge in [-0.1, -0.05) is 46.3 Å². The molecule has 9 atom stereocenters. The van der Waals surface area contributed by atoms with Gasteiger partial charge in [-0.25, -0.2) is 0 Å². The molecular formula is C28H45F3O. The number of fused-ring (bicyclic) bond motifs is 5. The number of rotatable bonds is 5. The first kappa shape index (κ1) is 24.6. The molecule has 3 saturated carbocycles. The molecule has 4 aliphatic carbocycles. The van der Waals surface area contributed by atoms with E-state index in [1.807, 2.05) is 0 Å². The van der Waals surface area contributed by atoms with Gasteiger partial charge in [-0.15, -0.1) is 0 Å². The van der Waals surface area contributed by atoms with Gasteiger partial charge >= 0.3 is 6.18 Å². The summed E-state index contributed by atoms with van der Waals surface area (Å²) in [5.74, 6) is 1.61. The summed E-state index contributed by atoms with van der Waals surface area (Å²) in [6.45, 7) is 10.6. The molecule has 4 heteroatoms. The smallest absolute Gasteiger partial charge is 0.390 e. The molecule has 0 saturated heterocycles. The SMILES string of the molecule is CC[C@]1(O)CCC2(C)C3=CCC4(C)C(CCC4[C@H](C)CCC(C)C(F)(F)F)C3CC[C@H]2C1. The van der Waals surface area contributed by atoms with Crippen LogP contribution in [0.5, 0.6) is 0 Å². The van der Waals surface area contributed by atoms with Gasteiger partial charge in [0.25, 0.3) is 0 Å². The monoisotopic (exact) mass is 454 g/mol. The lowest BCUT2D eigenvalue weighted by Crippen LogP contribution is -2.51. The van der Waals surface area contributed by atoms with Crippen LogP contribution in [0.3, 0.4) is 0 Å². The summed E-state index contributed by atoms with van der Waals surface area (Å²) >= 11 is 0. The lowest BCUT2D eigenvalue weighted by molar-refractivity contribution is -0.172. The Kier molecular flexibility index (Phi) is 6.39. The van der Waals surface area contributed by atoms with Gasteiger partial charge in [0.2, 0.25) is 0 Å². The van der Waals surface area contributed by atoms with Crippen LogP contribution in [-0.4, -0.2) is 16.9 Å². The first-order chi connectivity index (χ1) is 14.8. The highest BCUT2D eigenvalue weighted by Crippen LogP contribution is 2.67. The Balaban J connectivity index is 1.50. The van der Waals surface area contributed by atoms with Crippen LogP contribution >= 0.6 is 0 Å². The van der Waals surface area contributed by atoms with Gasteiger partial charge in [0.1, 0.15) is 0 Å². The van der Waals surface area contributed by atoms with Crippen LogP contribution in [0, 0.1) is 46.3 Å². The van der Waals surface area contributed by atoms with E-state index < -0.39 is 17.7 Å². The van der Waals surface area contributed by atoms with Gasteiger partial charge in [0.15, 0.2) is 0 Å². The molecule has 0 aromatic heterocycles. The Hall–Kier alpha value is -0.510. The van der Waals surface area contributed by atoms with Crippen molar-refractivity contribution in [2.24, 2.45) is 46.3 Å². The Morgan fingerprint density at radius 3 is 2.44 bits per heavy atom. The van der Waals surface area contributed by atoms with E-state index in [1.165, 1.54) is 32.6 Å². The quantitative estimate of drug-likeness (QED) is 0.414. The maximum atomic E-state index is 13.0. The molecule has 0 radical (unpaired) electrons. The fraction of sp³-hybridized carbons (Fsp3) is 0.929. The number of alkyl halides is 3. The van der Waals surface area contributed by atoms with E-state index in [2.05, 4.69) is 33.8 Å². The van der Waals surface area contributed by atoms with Crippen LogP contribution in [0.1, 0.15) is 105 Å². The summed E-state index contributed by atoms with van der Waals surface area (Å²) in [6, 6.07) is 0. The molecule has 0 spiro atoms. The lowest BCUT2D eigenvalue weighted by Gasteiger charge is -2.58. The van der Waals surface area contributed by atoms with Crippen LogP contribution in [0.15, 0.2) is 11.6 Å². The van der Waals surface area contributed by atoms with Crippen molar-refractivity contribution in [3.63, 3.8) is 0 Å². The van der Waals surface area contributed by atoms with Crippen molar-refractivity contribution in [3.05, 3.63) is 11.6 Å². The molecule has 6 unspecified atom stereocenters. The zero-order valence-corrected chi connectivity index (χ0v) is 20.9. The van der Waals surface area contributed by atoms with Crippen molar-refractivity contribution >= 4 is 0 Å². The molecule has 0 amide bonds. The second-order valence-corrected chi connectivity index (χ2v) is 12.7. The van der Waals surface area contributed by atoms with E-state index >= 15 is 0 Å². The van der Waals surface area contributed by atoms with Crippen molar-refractivity contribution in [1.82, 2.24) is 0 Å². The number of allylic oxidation sites excluding steroid dienone is 2. The van der Waals surface area contributed by atoms with Crippen molar-refractivity contribution in [2.45, 2.75) is 117 Å². The molecule has 0 heterocycles. The average molecular weight is 455 g/mol. The maximum absolute atomic E-state index is 13.0. The molecule has 0 aromatic rings. The molecule has 4 rings (SSSR count). The second-order valence-electron chi connectivity index (χ2n) is 12.7. The predicted octanol–water partition coefficient (Wildman–Crippen LogP) is 8.32. The van der Waals surface area contributed by atoms with E-state index in [-0.39, 0.29) is 17.3 Å². The van der Waals surface area contributed by atoms with E-state index in [9.17, 15) is 18.3 Å². The van der Waals surface area contributed by atoms with Gasteiger partial charge in [0.05, 0.1) is 11.5 Å². The summed E-state index contributed by atoms with van der Waals surface area (Å²) in [5, 5.41) is 11.0. The van der Waals surface area contributed by atoms with Crippen molar-refractivity contribution in [2.75, 3.05) is 0 Å². The molecule has 0 bridgehead atoms. The largest absolute Gasteiger partial charge is 0.391 e. The van der Waals surface area contributed by atoms with Gasteiger partial charge in [-0.05, 0) is 111 Å². The van der Waals surface area contributed by atoms with E-state index in [0.29, 0.717) is 36.0 Å². The maximum Gasteiger partial charge on any atom is 0.391 e. The number of halogens is 3. The third-order valence-electron chi connectivity index (χ3n) is 11.2. The lowest BCUT2D eigenvalue weighted by atomic mass is 9.47. The Bertz CT molecular complexity index is 729. The van der Waals surface area contributed by atoms with Gasteiger partial charge in [-0.2, -0.15) is 13.2 Å². The zero-order valence-electron chi connectivity index (χ0n) is 20.9. The summed E-state index contributed by atoms with van der Waals surface area (Å²) in [4.78, 5) is 0. The topological polar surface area (TPSA) is 20.2 Å². The van der Waals surface area contributed by atoms with E-state index in [0.717, 1.165) is 32.1 Å². The summed E-state index contributed by atoms with van der Waals surface area (Å²) in [7, 11) is 0. The zero-order chi connectivity index (χ0) is 23.5. The second kappa shape index (κ2) is 8.31. The summed E-state index contributed by atoms with van der Waals surface area (Å²) in [6.07, 6.45) is 9.23. The molecule has 4 aliphatic rings. The number of aliphatic hydroxyl groups is 1. The fourth-order valence-electron chi connectivity index (χ4n) is 8.77. The van der Waals surface area contributed by atoms with Crippen LogP contribution in [0.2, 0.25) is 0 Å². The van der Waals surface area contributed by atoms with Crippen LogP contribution in [0.25, 0.3) is 0 Å². The molecule has 3 fully saturated rings. The molecule has 32 heavy (non-hydrogen) atoms. The number of hydrogen-bond donors (Lipinski definition) is 1. The number of hydrogen-bond acceptors (Lipinski definition) is 1. The predicted molar refractivity (Wildman–Crippen MR) is 124 cm³/mol. The highest BCUT2D eigenvalue weighted by Gasteiger charge is 2.58. The van der Waals surface area contributed by atoms with Crippen molar-refractivity contribution in [3.8, 4) is 0 Å². The first-order valence-corrected chi connectivity index (χ1v) is 13.3. The minimum absolute atomic E-state index is 0.233. The van der Waals surface area contributed by atoms with Crippen molar-refractivity contribution in [1.29, 1.82) is 0 Å². The van der Waals surface area contributed by atoms with Crippen molar-refractivity contribution < 1.29 is 18.3 Å². The standard InChI is InChI=1S/C28H45F3O/c1-6-27(32)16-15-25(4)20(17-27)9-10-21-23-12-11-22(26(23,5)14-13-24(21)25)18(2)7-8-19(3)28(29,30)31/h13,18-23,32H,6-12,14-17H2,1-5H3/t18-,19?,20+,21?,22?,23?,25?,26?,27+/m1/s1. The van der Waals surface area contributed by atoms with Gasteiger partial charge in [-0.3, -0.25) is 0 Å². The third kappa shape index (κ3) is 3.99. The molecule has 0 aliphatic heterocycles. The average Bonchev–Trinajstić information content (AvgIpc) is 3.09. The molecule has 0 aromatic carbocycles. The normalized spacial score (nSPS) is 46.0. The van der Waals surface area contributed by atoms with Crippen LogP contribution in [-0.2, 0) is 0 Å². The molecule has 184 valence electrons. The summed E-state index contributed by atoms with van der Waals surface area (Å²) < 4.78 is 39.1. The summed E-state index contributed by atoms with van der Waals surface area (Å²) in [5.41, 5.74) is 1.69. The third-order valence-corrected chi connectivity index (χ3v) is 11.2. The minimum Gasteiger partial charge on any atom is -0.390 e. The Labute approximate surface area is 193 Å². The van der Waals surface area contributed by atoms with Crippen LogP contribution < -0.4 is 0 Å². The van der Waals surface area contributed by atoms with E-state index in [1.54, 1.807) is 5.57 Å². The minimum atomic E-state index is -4.07. The van der Waals surface area contributed by atoms with Gasteiger partial charge in [0, 0.05) is 0 Å². The Morgan fingerprint density at radius 2 is 1.78 bits per heavy atom. The Morgan fingerprint density at radius 1 is 1.06 bits per heavy atom. The van der Waals surface area contributed by atoms with E-state index in [4.69, 9.17) is 0 Å². The van der Waals surface area contributed by atoms with Gasteiger partial charge < -0.3 is 5.11 Å². The highest BCUT2D eigenvalue weighted by molar-refractivity contribution is 5.29. The molecule has 1 nitrogen and oxygen atoms in total. The fourth-order valence-corrected chi connectivity index (χ4v) is 8.77. The first-order valence-electron chi connectivity index (χ1n) is 13.3. The molecular weight excluding hydrogens is 409 g/mol. The molecule has 1 N–H and O–H groups in total.